The zero-order valence-electron chi connectivity index (χ0n) is 13.5. The van der Waals surface area contributed by atoms with Crippen LogP contribution in [-0.4, -0.2) is 72.1 Å². The highest BCUT2D eigenvalue weighted by molar-refractivity contribution is 5.85. The van der Waals surface area contributed by atoms with Gasteiger partial charge in [0.05, 0.1) is 12.6 Å². The molecule has 1 aliphatic heterocycles. The molecule has 2 atom stereocenters. The quantitative estimate of drug-likeness (QED) is 0.697. The third-order valence-corrected chi connectivity index (χ3v) is 4.14. The summed E-state index contributed by atoms with van der Waals surface area (Å²) in [4.78, 5) is 27.7. The first-order valence-electron chi connectivity index (χ1n) is 7.93. The van der Waals surface area contributed by atoms with Crippen molar-refractivity contribution in [2.75, 3.05) is 39.3 Å². The van der Waals surface area contributed by atoms with Crippen molar-refractivity contribution < 1.29 is 14.7 Å². The van der Waals surface area contributed by atoms with Gasteiger partial charge in [-0.2, -0.15) is 0 Å². The van der Waals surface area contributed by atoms with E-state index in [9.17, 15) is 14.7 Å². The van der Waals surface area contributed by atoms with Gasteiger partial charge in [0, 0.05) is 38.6 Å². The second kappa shape index (κ2) is 9.00. The van der Waals surface area contributed by atoms with Crippen LogP contribution in [0.25, 0.3) is 0 Å². The Bertz CT molecular complexity index is 341. The summed E-state index contributed by atoms with van der Waals surface area (Å²) in [5.74, 6) is -0.136. The number of hydrogen-bond acceptors (Lipinski definition) is 4. The van der Waals surface area contributed by atoms with Gasteiger partial charge in [-0.1, -0.05) is 20.8 Å². The van der Waals surface area contributed by atoms with E-state index in [0.717, 1.165) is 25.9 Å². The average Bonchev–Trinajstić information content (AvgIpc) is 2.51. The molecule has 1 heterocycles. The summed E-state index contributed by atoms with van der Waals surface area (Å²) in [6.45, 7) is 9.41. The molecular formula is C15H29N3O3. The number of piperazine rings is 1. The fourth-order valence-electron chi connectivity index (χ4n) is 2.24. The lowest BCUT2D eigenvalue weighted by Gasteiger charge is -2.35. The van der Waals surface area contributed by atoms with Gasteiger partial charge < -0.3 is 15.3 Å². The number of aliphatic hydroxyl groups excluding tert-OH is 1. The SMILES string of the molecule is CCC(O)CN1CCN(C(=O)CNC(=O)C(C)CC)CC1. The molecule has 0 aromatic heterocycles. The lowest BCUT2D eigenvalue weighted by atomic mass is 10.1. The zero-order valence-corrected chi connectivity index (χ0v) is 13.5. The maximum Gasteiger partial charge on any atom is 0.242 e. The molecule has 0 spiro atoms. The molecule has 0 aromatic rings. The first-order valence-corrected chi connectivity index (χ1v) is 7.93. The van der Waals surface area contributed by atoms with Gasteiger partial charge in [0.15, 0.2) is 0 Å². The predicted octanol–water partition coefficient (Wildman–Crippen LogP) is 0.0638. The Labute approximate surface area is 127 Å². The molecule has 0 aliphatic carbocycles. The van der Waals surface area contributed by atoms with E-state index in [1.54, 1.807) is 4.90 Å². The number of nitrogens with zero attached hydrogens (tertiary/aromatic N) is 2. The highest BCUT2D eigenvalue weighted by Crippen LogP contribution is 2.05. The van der Waals surface area contributed by atoms with Crippen LogP contribution in [0.15, 0.2) is 0 Å². The van der Waals surface area contributed by atoms with E-state index >= 15 is 0 Å². The Morgan fingerprint density at radius 2 is 1.76 bits per heavy atom. The van der Waals surface area contributed by atoms with Crippen LogP contribution < -0.4 is 5.32 Å². The third kappa shape index (κ3) is 6.01. The van der Waals surface area contributed by atoms with Gasteiger partial charge in [0.1, 0.15) is 0 Å². The van der Waals surface area contributed by atoms with E-state index < -0.39 is 0 Å². The van der Waals surface area contributed by atoms with E-state index in [4.69, 9.17) is 0 Å². The number of nitrogens with one attached hydrogen (secondary N) is 1. The molecule has 0 bridgehead atoms. The van der Waals surface area contributed by atoms with Gasteiger partial charge in [-0.05, 0) is 12.8 Å². The molecule has 2 N–H and O–H groups in total. The number of rotatable bonds is 7. The van der Waals surface area contributed by atoms with Crippen molar-refractivity contribution in [2.24, 2.45) is 5.92 Å². The van der Waals surface area contributed by atoms with Crippen LogP contribution >= 0.6 is 0 Å². The van der Waals surface area contributed by atoms with Crippen LogP contribution in [0, 0.1) is 5.92 Å². The Hall–Kier alpha value is -1.14. The van der Waals surface area contributed by atoms with Crippen LogP contribution in [0.2, 0.25) is 0 Å². The second-order valence-corrected chi connectivity index (χ2v) is 5.77. The minimum atomic E-state index is -0.290. The predicted molar refractivity (Wildman–Crippen MR) is 81.8 cm³/mol. The van der Waals surface area contributed by atoms with Gasteiger partial charge in [0.25, 0.3) is 0 Å². The van der Waals surface area contributed by atoms with Gasteiger partial charge in [0.2, 0.25) is 11.8 Å². The molecule has 0 aromatic carbocycles. The molecule has 122 valence electrons. The number of hydrogen-bond donors (Lipinski definition) is 2. The topological polar surface area (TPSA) is 72.9 Å². The molecule has 21 heavy (non-hydrogen) atoms. The largest absolute Gasteiger partial charge is 0.392 e. The fourth-order valence-corrected chi connectivity index (χ4v) is 2.24. The van der Waals surface area contributed by atoms with Crippen LogP contribution in [0.4, 0.5) is 0 Å². The molecule has 0 saturated carbocycles. The van der Waals surface area contributed by atoms with E-state index in [2.05, 4.69) is 10.2 Å². The standard InChI is InChI=1S/C15H29N3O3/c1-4-12(3)15(21)16-10-14(20)18-8-6-17(7-9-18)11-13(19)5-2/h12-13,19H,4-11H2,1-3H3,(H,16,21). The highest BCUT2D eigenvalue weighted by atomic mass is 16.3. The molecule has 1 rings (SSSR count). The van der Waals surface area contributed by atoms with Crippen molar-refractivity contribution >= 4 is 11.8 Å². The Morgan fingerprint density at radius 3 is 2.29 bits per heavy atom. The zero-order chi connectivity index (χ0) is 15.8. The van der Waals surface area contributed by atoms with Crippen molar-refractivity contribution in [3.8, 4) is 0 Å². The smallest absolute Gasteiger partial charge is 0.242 e. The summed E-state index contributed by atoms with van der Waals surface area (Å²) >= 11 is 0. The van der Waals surface area contributed by atoms with Crippen molar-refractivity contribution in [1.29, 1.82) is 0 Å². The molecule has 6 heteroatoms. The van der Waals surface area contributed by atoms with E-state index in [1.165, 1.54) is 0 Å². The van der Waals surface area contributed by atoms with Gasteiger partial charge in [-0.3, -0.25) is 14.5 Å². The number of aliphatic hydroxyl groups is 1. The van der Waals surface area contributed by atoms with Crippen LogP contribution in [0.1, 0.15) is 33.6 Å². The summed E-state index contributed by atoms with van der Waals surface area (Å²) < 4.78 is 0. The Morgan fingerprint density at radius 1 is 1.14 bits per heavy atom. The van der Waals surface area contributed by atoms with E-state index in [-0.39, 0.29) is 30.4 Å². The minimum Gasteiger partial charge on any atom is -0.392 e. The maximum absolute atomic E-state index is 12.0. The van der Waals surface area contributed by atoms with Crippen LogP contribution in [0.5, 0.6) is 0 Å². The van der Waals surface area contributed by atoms with Crippen LogP contribution in [-0.2, 0) is 9.59 Å². The van der Waals surface area contributed by atoms with Crippen molar-refractivity contribution in [1.82, 2.24) is 15.1 Å². The normalized spacial score (nSPS) is 19.1. The average molecular weight is 299 g/mol. The summed E-state index contributed by atoms with van der Waals surface area (Å²) in [5.41, 5.74) is 0. The first-order chi connectivity index (χ1) is 9.97. The van der Waals surface area contributed by atoms with Gasteiger partial charge in [-0.15, -0.1) is 0 Å². The summed E-state index contributed by atoms with van der Waals surface area (Å²) in [5, 5.41) is 12.3. The summed E-state index contributed by atoms with van der Waals surface area (Å²) in [6, 6.07) is 0. The van der Waals surface area contributed by atoms with Crippen molar-refractivity contribution in [3.63, 3.8) is 0 Å². The Kier molecular flexibility index (Phi) is 7.67. The molecule has 1 fully saturated rings. The number of carbonyl (C=O) groups is 2. The second-order valence-electron chi connectivity index (χ2n) is 5.77. The maximum atomic E-state index is 12.0. The first kappa shape index (κ1) is 17.9. The molecule has 2 unspecified atom stereocenters. The van der Waals surface area contributed by atoms with E-state index in [1.807, 2.05) is 20.8 Å². The lowest BCUT2D eigenvalue weighted by molar-refractivity contribution is -0.135. The molecule has 1 aliphatic rings. The number of β-amino-alcohol motifs (C(OH)–C–C–N with tert-alkyl or cyclic N) is 1. The monoisotopic (exact) mass is 299 g/mol. The molecule has 1 saturated heterocycles. The number of amides is 2. The Balaban J connectivity index is 2.27. The summed E-state index contributed by atoms with van der Waals surface area (Å²) in [6.07, 6.45) is 1.24. The van der Waals surface area contributed by atoms with Crippen molar-refractivity contribution in [3.05, 3.63) is 0 Å². The molecule has 2 amide bonds. The molecule has 0 radical (unpaired) electrons. The highest BCUT2D eigenvalue weighted by Gasteiger charge is 2.22. The lowest BCUT2D eigenvalue weighted by Crippen LogP contribution is -2.52. The fraction of sp³-hybridized carbons (Fsp3) is 0.867. The number of carbonyl (C=O) groups excluding carboxylic acids is 2. The minimum absolute atomic E-state index is 0.0256. The van der Waals surface area contributed by atoms with Gasteiger partial charge >= 0.3 is 0 Å². The molecular weight excluding hydrogens is 270 g/mol. The van der Waals surface area contributed by atoms with E-state index in [0.29, 0.717) is 19.6 Å². The molecule has 6 nitrogen and oxygen atoms in total. The summed E-state index contributed by atoms with van der Waals surface area (Å²) in [7, 11) is 0. The third-order valence-electron chi connectivity index (χ3n) is 4.14. The van der Waals surface area contributed by atoms with Crippen molar-refractivity contribution in [2.45, 2.75) is 39.7 Å². The van der Waals surface area contributed by atoms with Gasteiger partial charge in [-0.25, -0.2) is 0 Å². The van der Waals surface area contributed by atoms with Crippen LogP contribution in [0.3, 0.4) is 0 Å².